The fourth-order valence-electron chi connectivity index (χ4n) is 1.94. The van der Waals surface area contributed by atoms with Crippen molar-refractivity contribution in [3.63, 3.8) is 0 Å². The highest BCUT2D eigenvalue weighted by Gasteiger charge is 2.27. The molecule has 1 aliphatic rings. The zero-order valence-electron chi connectivity index (χ0n) is 11.2. The Bertz CT molecular complexity index is 594. The highest BCUT2D eigenvalue weighted by atomic mass is 32.1. The molecule has 0 aliphatic heterocycles. The molecule has 0 unspecified atom stereocenters. The first-order chi connectivity index (χ1) is 9.72. The van der Waals surface area contributed by atoms with E-state index in [0.717, 1.165) is 10.6 Å². The lowest BCUT2D eigenvalue weighted by molar-refractivity contribution is 0.249. The molecule has 1 aromatic heterocycles. The first kappa shape index (κ1) is 13.1. The number of nitrogens with one attached hydrogen (secondary N) is 2. The second kappa shape index (κ2) is 5.58. The molecule has 1 aromatic carbocycles. The van der Waals surface area contributed by atoms with Gasteiger partial charge in [-0.25, -0.2) is 4.79 Å². The lowest BCUT2D eigenvalue weighted by Gasteiger charge is -2.13. The van der Waals surface area contributed by atoms with E-state index in [-0.39, 0.29) is 12.1 Å². The number of anilines is 1. The molecule has 6 heteroatoms. The molecule has 0 bridgehead atoms. The van der Waals surface area contributed by atoms with E-state index in [9.17, 15) is 4.79 Å². The molecule has 2 amide bonds. The van der Waals surface area contributed by atoms with Crippen molar-refractivity contribution in [2.75, 3.05) is 5.32 Å². The van der Waals surface area contributed by atoms with Gasteiger partial charge in [-0.05, 0) is 25.3 Å². The van der Waals surface area contributed by atoms with Crippen LogP contribution in [0.3, 0.4) is 0 Å². The Morgan fingerprint density at radius 1 is 1.30 bits per heavy atom. The fourth-order valence-corrected chi connectivity index (χ4v) is 2.84. The Hall–Kier alpha value is -1.95. The standard InChI is InChI=1S/C14H16N4OS/c1-9(10-5-3-2-4-6-10)15-13(19)16-14-18-17-12(20-14)11-7-8-11/h2-6,9,11H,7-8H2,1H3,(H2,15,16,18,19)/t9-/m0/s1. The molecular weight excluding hydrogens is 272 g/mol. The van der Waals surface area contributed by atoms with Crippen LogP contribution in [0.15, 0.2) is 30.3 Å². The largest absolute Gasteiger partial charge is 0.331 e. The van der Waals surface area contributed by atoms with Crippen LogP contribution in [0, 0.1) is 0 Å². The zero-order valence-corrected chi connectivity index (χ0v) is 12.0. The molecule has 1 atom stereocenters. The number of amides is 2. The van der Waals surface area contributed by atoms with Gasteiger partial charge in [-0.15, -0.1) is 10.2 Å². The summed E-state index contributed by atoms with van der Waals surface area (Å²) in [6.45, 7) is 1.95. The van der Waals surface area contributed by atoms with Crippen LogP contribution in [0.25, 0.3) is 0 Å². The summed E-state index contributed by atoms with van der Waals surface area (Å²) in [4.78, 5) is 11.9. The summed E-state index contributed by atoms with van der Waals surface area (Å²) in [6, 6.07) is 9.54. The third-order valence-corrected chi connectivity index (χ3v) is 4.24. The van der Waals surface area contributed by atoms with Gasteiger partial charge in [-0.1, -0.05) is 41.7 Å². The van der Waals surface area contributed by atoms with Crippen molar-refractivity contribution < 1.29 is 4.79 Å². The second-order valence-corrected chi connectivity index (χ2v) is 5.96. The molecule has 2 aromatic rings. The molecule has 20 heavy (non-hydrogen) atoms. The van der Waals surface area contributed by atoms with Gasteiger partial charge in [-0.2, -0.15) is 0 Å². The van der Waals surface area contributed by atoms with Crippen molar-refractivity contribution in [3.8, 4) is 0 Å². The van der Waals surface area contributed by atoms with Gasteiger partial charge in [0.05, 0.1) is 6.04 Å². The van der Waals surface area contributed by atoms with Crippen LogP contribution < -0.4 is 10.6 Å². The van der Waals surface area contributed by atoms with Crippen LogP contribution in [0.2, 0.25) is 0 Å². The zero-order chi connectivity index (χ0) is 13.9. The Labute approximate surface area is 121 Å². The minimum atomic E-state index is -0.250. The molecule has 0 spiro atoms. The molecule has 2 N–H and O–H groups in total. The molecule has 1 heterocycles. The summed E-state index contributed by atoms with van der Waals surface area (Å²) in [6.07, 6.45) is 2.37. The van der Waals surface area contributed by atoms with E-state index >= 15 is 0 Å². The van der Waals surface area contributed by atoms with Gasteiger partial charge in [0.15, 0.2) is 0 Å². The summed E-state index contributed by atoms with van der Waals surface area (Å²) < 4.78 is 0. The van der Waals surface area contributed by atoms with E-state index in [0.29, 0.717) is 11.0 Å². The monoisotopic (exact) mass is 288 g/mol. The van der Waals surface area contributed by atoms with Crippen molar-refractivity contribution in [3.05, 3.63) is 40.9 Å². The van der Waals surface area contributed by atoms with Gasteiger partial charge in [-0.3, -0.25) is 5.32 Å². The number of nitrogens with zero attached hydrogens (tertiary/aromatic N) is 2. The molecule has 5 nitrogen and oxygen atoms in total. The smallest absolute Gasteiger partial charge is 0.321 e. The fraction of sp³-hybridized carbons (Fsp3) is 0.357. The number of aromatic nitrogens is 2. The topological polar surface area (TPSA) is 66.9 Å². The third-order valence-electron chi connectivity index (χ3n) is 3.23. The Morgan fingerprint density at radius 3 is 2.75 bits per heavy atom. The maximum atomic E-state index is 11.9. The normalized spacial score (nSPS) is 15.7. The van der Waals surface area contributed by atoms with E-state index in [2.05, 4.69) is 20.8 Å². The molecule has 0 saturated heterocycles. The Balaban J connectivity index is 1.56. The Morgan fingerprint density at radius 2 is 2.05 bits per heavy atom. The molecular formula is C14H16N4OS. The molecule has 3 rings (SSSR count). The number of hydrogen-bond acceptors (Lipinski definition) is 4. The van der Waals surface area contributed by atoms with Gasteiger partial charge >= 0.3 is 6.03 Å². The maximum absolute atomic E-state index is 11.9. The van der Waals surface area contributed by atoms with Crippen LogP contribution in [0.5, 0.6) is 0 Å². The molecule has 104 valence electrons. The van der Waals surface area contributed by atoms with E-state index in [1.54, 1.807) is 0 Å². The summed E-state index contributed by atoms with van der Waals surface area (Å²) >= 11 is 1.46. The molecule has 1 saturated carbocycles. The average molecular weight is 288 g/mol. The molecule has 1 aliphatic carbocycles. The number of carbonyl (C=O) groups excluding carboxylic acids is 1. The van der Waals surface area contributed by atoms with E-state index < -0.39 is 0 Å². The van der Waals surface area contributed by atoms with Crippen LogP contribution in [-0.2, 0) is 0 Å². The van der Waals surface area contributed by atoms with Crippen molar-refractivity contribution in [1.29, 1.82) is 0 Å². The number of urea groups is 1. The van der Waals surface area contributed by atoms with Crippen molar-refractivity contribution >= 4 is 22.5 Å². The van der Waals surface area contributed by atoms with Crippen molar-refractivity contribution in [2.45, 2.75) is 31.7 Å². The number of rotatable bonds is 4. The van der Waals surface area contributed by atoms with Gasteiger partial charge in [0.25, 0.3) is 0 Å². The van der Waals surface area contributed by atoms with Crippen LogP contribution in [0.4, 0.5) is 9.93 Å². The first-order valence-electron chi connectivity index (χ1n) is 6.68. The average Bonchev–Trinajstić information content (AvgIpc) is 3.20. The first-order valence-corrected chi connectivity index (χ1v) is 7.50. The number of carbonyl (C=O) groups is 1. The maximum Gasteiger partial charge on any atom is 0.321 e. The highest BCUT2D eigenvalue weighted by Crippen LogP contribution is 2.41. The van der Waals surface area contributed by atoms with Gasteiger partial charge in [0, 0.05) is 5.92 Å². The summed E-state index contributed by atoms with van der Waals surface area (Å²) in [5.41, 5.74) is 1.07. The van der Waals surface area contributed by atoms with Gasteiger partial charge < -0.3 is 5.32 Å². The minimum Gasteiger partial charge on any atom is -0.331 e. The second-order valence-electron chi connectivity index (χ2n) is 4.95. The third kappa shape index (κ3) is 3.14. The predicted octanol–water partition coefficient (Wildman–Crippen LogP) is 3.30. The Kier molecular flexibility index (Phi) is 3.64. The lowest BCUT2D eigenvalue weighted by atomic mass is 10.1. The predicted molar refractivity (Wildman–Crippen MR) is 78.9 cm³/mol. The highest BCUT2D eigenvalue weighted by molar-refractivity contribution is 7.15. The van der Waals surface area contributed by atoms with Gasteiger partial charge in [0.1, 0.15) is 5.01 Å². The van der Waals surface area contributed by atoms with Crippen molar-refractivity contribution in [2.24, 2.45) is 0 Å². The van der Waals surface area contributed by atoms with E-state index in [1.807, 2.05) is 37.3 Å². The molecule has 0 radical (unpaired) electrons. The minimum absolute atomic E-state index is 0.0491. The van der Waals surface area contributed by atoms with Crippen molar-refractivity contribution in [1.82, 2.24) is 15.5 Å². The summed E-state index contributed by atoms with van der Waals surface area (Å²) in [7, 11) is 0. The summed E-state index contributed by atoms with van der Waals surface area (Å²) in [5.74, 6) is 0.564. The van der Waals surface area contributed by atoms with Crippen LogP contribution in [-0.4, -0.2) is 16.2 Å². The lowest BCUT2D eigenvalue weighted by Crippen LogP contribution is -2.31. The summed E-state index contributed by atoms with van der Waals surface area (Å²) in [5, 5.41) is 15.3. The van der Waals surface area contributed by atoms with E-state index in [4.69, 9.17) is 0 Å². The number of benzene rings is 1. The van der Waals surface area contributed by atoms with Crippen LogP contribution >= 0.6 is 11.3 Å². The van der Waals surface area contributed by atoms with E-state index in [1.165, 1.54) is 24.2 Å². The molecule has 1 fully saturated rings. The number of hydrogen-bond donors (Lipinski definition) is 2. The quantitative estimate of drug-likeness (QED) is 0.907. The SMILES string of the molecule is C[C@H](NC(=O)Nc1nnc(C2CC2)s1)c1ccccc1. The van der Waals surface area contributed by atoms with Gasteiger partial charge in [0.2, 0.25) is 5.13 Å². The van der Waals surface area contributed by atoms with Crippen LogP contribution in [0.1, 0.15) is 42.3 Å².